The molecule has 0 unspecified atom stereocenters. The fraction of sp³-hybridized carbons (Fsp3) is 0.467. The molecule has 6 nitrogen and oxygen atoms in total. The van der Waals surface area contributed by atoms with Gasteiger partial charge in [0.05, 0.1) is 11.7 Å². The van der Waals surface area contributed by atoms with Gasteiger partial charge in [0.25, 0.3) is 6.43 Å². The number of benzene rings is 1. The van der Waals surface area contributed by atoms with Crippen LogP contribution in [0.3, 0.4) is 0 Å². The number of likely N-dealkylation sites (tertiary alicyclic amines) is 1. The second-order valence-electron chi connectivity index (χ2n) is 5.81. The molecule has 1 aliphatic rings. The number of rotatable bonds is 5. The second-order valence-corrected chi connectivity index (χ2v) is 8.13. The van der Waals surface area contributed by atoms with Crippen LogP contribution in [0.2, 0.25) is 0 Å². The van der Waals surface area contributed by atoms with Gasteiger partial charge in [0.2, 0.25) is 5.91 Å². The first kappa shape index (κ1) is 18.3. The van der Waals surface area contributed by atoms with Gasteiger partial charge in [-0.05, 0) is 12.0 Å². The number of carboxylic acid groups (broad SMARTS) is 1. The molecule has 132 valence electrons. The van der Waals surface area contributed by atoms with Crippen LogP contribution in [-0.4, -0.2) is 54.4 Å². The van der Waals surface area contributed by atoms with E-state index in [4.69, 9.17) is 0 Å². The van der Waals surface area contributed by atoms with Crippen LogP contribution in [0.5, 0.6) is 0 Å². The van der Waals surface area contributed by atoms with Gasteiger partial charge in [-0.25, -0.2) is 22.0 Å². The minimum Gasteiger partial charge on any atom is -0.480 e. The van der Waals surface area contributed by atoms with E-state index in [0.29, 0.717) is 5.56 Å². The van der Waals surface area contributed by atoms with Crippen molar-refractivity contribution in [1.82, 2.24) is 4.90 Å². The van der Waals surface area contributed by atoms with Gasteiger partial charge in [0.1, 0.15) is 6.04 Å². The first-order valence-electron chi connectivity index (χ1n) is 7.17. The smallest absolute Gasteiger partial charge is 0.326 e. The molecule has 1 aliphatic heterocycles. The van der Waals surface area contributed by atoms with Crippen LogP contribution in [0, 0.1) is 0 Å². The summed E-state index contributed by atoms with van der Waals surface area (Å²) in [6, 6.07) is 3.95. The zero-order chi connectivity index (χ0) is 18.1. The maximum Gasteiger partial charge on any atom is 0.326 e. The SMILES string of the molecule is CS(=O)(=O)[C@@H]1C[C@@H](C(=O)O)N(C(=O)Cc2ccc(C(F)F)cc2)C1. The van der Waals surface area contributed by atoms with Crippen LogP contribution >= 0.6 is 0 Å². The summed E-state index contributed by atoms with van der Waals surface area (Å²) in [7, 11) is -3.46. The predicted molar refractivity (Wildman–Crippen MR) is 81.5 cm³/mol. The Bertz CT molecular complexity index is 733. The first-order valence-corrected chi connectivity index (χ1v) is 9.13. The van der Waals surface area contributed by atoms with E-state index in [0.717, 1.165) is 11.2 Å². The van der Waals surface area contributed by atoms with Crippen LogP contribution in [-0.2, 0) is 25.8 Å². The van der Waals surface area contributed by atoms with Gasteiger partial charge < -0.3 is 10.0 Å². The number of amides is 1. The minimum atomic E-state index is -3.46. The number of sulfone groups is 1. The molecule has 24 heavy (non-hydrogen) atoms. The van der Waals surface area contributed by atoms with Gasteiger partial charge in [-0.2, -0.15) is 0 Å². The van der Waals surface area contributed by atoms with Crippen LogP contribution in [0.15, 0.2) is 24.3 Å². The Morgan fingerprint density at radius 3 is 2.33 bits per heavy atom. The third-order valence-corrected chi connectivity index (χ3v) is 5.61. The quantitative estimate of drug-likeness (QED) is 0.853. The van der Waals surface area contributed by atoms with Crippen LogP contribution < -0.4 is 0 Å². The normalized spacial score (nSPS) is 21.2. The van der Waals surface area contributed by atoms with E-state index in [-0.39, 0.29) is 24.9 Å². The molecule has 1 N–H and O–H groups in total. The molecule has 2 atom stereocenters. The van der Waals surface area contributed by atoms with E-state index in [1.807, 2.05) is 0 Å². The zero-order valence-electron chi connectivity index (χ0n) is 12.9. The Balaban J connectivity index is 2.13. The van der Waals surface area contributed by atoms with E-state index in [9.17, 15) is 31.9 Å². The molecule has 0 radical (unpaired) electrons. The molecule has 0 saturated carbocycles. The molecule has 1 amide bonds. The Labute approximate surface area is 138 Å². The van der Waals surface area contributed by atoms with Crippen molar-refractivity contribution >= 4 is 21.7 Å². The highest BCUT2D eigenvalue weighted by Crippen LogP contribution is 2.25. The zero-order valence-corrected chi connectivity index (χ0v) is 13.7. The molecular formula is C15H17F2NO5S. The molecule has 2 rings (SSSR count). The van der Waals surface area contributed by atoms with Crippen molar-refractivity contribution in [2.45, 2.75) is 30.6 Å². The van der Waals surface area contributed by atoms with Crippen molar-refractivity contribution in [3.63, 3.8) is 0 Å². The second kappa shape index (κ2) is 6.84. The highest BCUT2D eigenvalue weighted by Gasteiger charge is 2.43. The highest BCUT2D eigenvalue weighted by molar-refractivity contribution is 7.91. The van der Waals surface area contributed by atoms with Crippen LogP contribution in [0.25, 0.3) is 0 Å². The van der Waals surface area contributed by atoms with E-state index in [2.05, 4.69) is 0 Å². The topological polar surface area (TPSA) is 91.8 Å². The van der Waals surface area contributed by atoms with Crippen molar-refractivity contribution in [3.8, 4) is 0 Å². The molecule has 0 spiro atoms. The maximum atomic E-state index is 12.5. The largest absolute Gasteiger partial charge is 0.480 e. The maximum absolute atomic E-state index is 12.5. The van der Waals surface area contributed by atoms with E-state index in [1.54, 1.807) is 0 Å². The summed E-state index contributed by atoms with van der Waals surface area (Å²) >= 11 is 0. The number of alkyl halides is 2. The summed E-state index contributed by atoms with van der Waals surface area (Å²) in [5.74, 6) is -1.80. The monoisotopic (exact) mass is 361 g/mol. The number of hydrogen-bond donors (Lipinski definition) is 1. The van der Waals surface area contributed by atoms with Gasteiger partial charge in [-0.3, -0.25) is 4.79 Å². The average molecular weight is 361 g/mol. The first-order chi connectivity index (χ1) is 11.1. The fourth-order valence-corrected chi connectivity index (χ4v) is 3.64. The summed E-state index contributed by atoms with van der Waals surface area (Å²) in [6.07, 6.45) is -1.93. The van der Waals surface area contributed by atoms with Gasteiger partial charge in [0.15, 0.2) is 9.84 Å². The lowest BCUT2D eigenvalue weighted by Gasteiger charge is -2.21. The molecule has 1 aromatic rings. The number of halogens is 2. The van der Waals surface area contributed by atoms with Crippen LogP contribution in [0.1, 0.15) is 24.0 Å². The number of nitrogens with zero attached hydrogens (tertiary/aromatic N) is 1. The predicted octanol–water partition coefficient (Wildman–Crippen LogP) is 1.27. The number of carbonyl (C=O) groups is 2. The highest BCUT2D eigenvalue weighted by atomic mass is 32.2. The minimum absolute atomic E-state index is 0.149. The van der Waals surface area contributed by atoms with Crippen molar-refractivity contribution < 1.29 is 31.9 Å². The van der Waals surface area contributed by atoms with E-state index >= 15 is 0 Å². The van der Waals surface area contributed by atoms with Crippen molar-refractivity contribution in [3.05, 3.63) is 35.4 Å². The Morgan fingerprint density at radius 2 is 1.88 bits per heavy atom. The van der Waals surface area contributed by atoms with Crippen molar-refractivity contribution in [2.24, 2.45) is 0 Å². The number of hydrogen-bond acceptors (Lipinski definition) is 4. The summed E-state index contributed by atoms with van der Waals surface area (Å²) in [4.78, 5) is 24.7. The molecule has 1 aromatic carbocycles. The van der Waals surface area contributed by atoms with Gasteiger partial charge >= 0.3 is 5.97 Å². The van der Waals surface area contributed by atoms with E-state index < -0.39 is 39.4 Å². The van der Waals surface area contributed by atoms with Gasteiger partial charge in [-0.15, -0.1) is 0 Å². The fourth-order valence-electron chi connectivity index (χ4n) is 2.67. The third kappa shape index (κ3) is 4.08. The summed E-state index contributed by atoms with van der Waals surface area (Å²) in [6.45, 7) is -0.177. The van der Waals surface area contributed by atoms with Gasteiger partial charge in [-0.1, -0.05) is 24.3 Å². The third-order valence-electron chi connectivity index (χ3n) is 4.06. The number of carbonyl (C=O) groups excluding carboxylic acids is 1. The summed E-state index contributed by atoms with van der Waals surface area (Å²) in [5.41, 5.74) is 0.282. The molecule has 1 fully saturated rings. The molecule has 0 aliphatic carbocycles. The molecule has 0 aromatic heterocycles. The standard InChI is InChI=1S/C15H17F2NO5S/c1-24(22,23)11-7-12(15(20)21)18(8-11)13(19)6-9-2-4-10(5-3-9)14(16)17/h2-5,11-12,14H,6-8H2,1H3,(H,20,21)/t11-,12+/m1/s1. The Hall–Kier alpha value is -2.03. The molecule has 0 bridgehead atoms. The summed E-state index contributed by atoms with van der Waals surface area (Å²) < 4.78 is 48.3. The molecule has 1 saturated heterocycles. The lowest BCUT2D eigenvalue weighted by atomic mass is 10.1. The number of aliphatic carboxylic acids is 1. The molecule has 9 heteroatoms. The number of carboxylic acids is 1. The van der Waals surface area contributed by atoms with Gasteiger partial charge in [0, 0.05) is 18.4 Å². The lowest BCUT2D eigenvalue weighted by Crippen LogP contribution is -2.41. The van der Waals surface area contributed by atoms with Crippen LogP contribution in [0.4, 0.5) is 8.78 Å². The lowest BCUT2D eigenvalue weighted by molar-refractivity contribution is -0.148. The Morgan fingerprint density at radius 1 is 1.29 bits per heavy atom. The van der Waals surface area contributed by atoms with Crippen molar-refractivity contribution in [2.75, 3.05) is 12.8 Å². The van der Waals surface area contributed by atoms with Crippen molar-refractivity contribution in [1.29, 1.82) is 0 Å². The van der Waals surface area contributed by atoms with E-state index in [1.165, 1.54) is 24.3 Å². The average Bonchev–Trinajstić information content (AvgIpc) is 2.93. The molecular weight excluding hydrogens is 344 g/mol. The molecule has 1 heterocycles. The summed E-state index contributed by atoms with van der Waals surface area (Å²) in [5, 5.41) is 8.29. The Kier molecular flexibility index (Phi) is 5.22.